The first-order valence-electron chi connectivity index (χ1n) is 11.4. The molecule has 1 aliphatic heterocycles. The Balaban J connectivity index is 1.83. The number of ether oxygens (including phenoxy) is 1. The van der Waals surface area contributed by atoms with Crippen molar-refractivity contribution in [3.05, 3.63) is 45.1 Å². The molecule has 0 aliphatic carbocycles. The van der Waals surface area contributed by atoms with E-state index in [0.29, 0.717) is 10.4 Å². The zero-order chi connectivity index (χ0) is 28.3. The Labute approximate surface area is 225 Å². The Kier molecular flexibility index (Phi) is 9.05. The van der Waals surface area contributed by atoms with E-state index in [-0.39, 0.29) is 42.6 Å². The van der Waals surface area contributed by atoms with Gasteiger partial charge in [-0.3, -0.25) is 19.2 Å². The van der Waals surface area contributed by atoms with Gasteiger partial charge in [-0.25, -0.2) is 0 Å². The van der Waals surface area contributed by atoms with Crippen LogP contribution >= 0.6 is 22.9 Å². The van der Waals surface area contributed by atoms with Gasteiger partial charge < -0.3 is 25.6 Å². The summed E-state index contributed by atoms with van der Waals surface area (Å²) in [6, 6.07) is 4.73. The van der Waals surface area contributed by atoms with Crippen molar-refractivity contribution in [2.45, 2.75) is 33.0 Å². The van der Waals surface area contributed by atoms with E-state index in [1.807, 2.05) is 0 Å². The first kappa shape index (κ1) is 29.4. The third kappa shape index (κ3) is 7.45. The molecule has 3 N–H and O–H groups in total. The van der Waals surface area contributed by atoms with E-state index in [2.05, 4.69) is 16.0 Å². The minimum atomic E-state index is -4.83. The van der Waals surface area contributed by atoms with Gasteiger partial charge in [0.05, 0.1) is 27.1 Å². The lowest BCUT2D eigenvalue weighted by Gasteiger charge is -2.29. The predicted octanol–water partition coefficient (Wildman–Crippen LogP) is 3.68. The highest BCUT2D eigenvalue weighted by molar-refractivity contribution is 7.18. The molecule has 1 aromatic heterocycles. The Morgan fingerprint density at radius 1 is 1.16 bits per heavy atom. The number of halogens is 4. The standard InChI is InChI=1S/C24H26ClF3N4O5S/c1-23(2,3)22(36)31-15(11-29-21(35)17-6-7-18(25)38-17)20(34)30-13-4-5-16(14(10-13)24(26,27)28)32-8-9-37-12-19(32)33/h4-7,10,15H,8-9,11-12H2,1-3H3,(H,29,35)(H,30,34)(H,31,36)/t15-/m1/s1. The molecule has 1 saturated heterocycles. The van der Waals surface area contributed by atoms with Gasteiger partial charge in [0.15, 0.2) is 0 Å². The summed E-state index contributed by atoms with van der Waals surface area (Å²) in [5, 5.41) is 7.42. The molecule has 4 amide bonds. The number of alkyl halides is 3. The molecule has 0 spiro atoms. The van der Waals surface area contributed by atoms with E-state index >= 15 is 0 Å². The van der Waals surface area contributed by atoms with E-state index in [1.165, 1.54) is 18.2 Å². The topological polar surface area (TPSA) is 117 Å². The SMILES string of the molecule is CC(C)(C)C(=O)N[C@H](CNC(=O)c1ccc(Cl)s1)C(=O)Nc1ccc(N2CCOCC2=O)c(C(F)(F)F)c1. The van der Waals surface area contributed by atoms with Gasteiger partial charge in [0.2, 0.25) is 11.8 Å². The number of rotatable bonds is 7. The number of carbonyl (C=O) groups is 4. The zero-order valence-electron chi connectivity index (χ0n) is 20.7. The zero-order valence-corrected chi connectivity index (χ0v) is 22.3. The second-order valence-electron chi connectivity index (χ2n) is 9.41. The molecular weight excluding hydrogens is 549 g/mol. The quantitative estimate of drug-likeness (QED) is 0.466. The maximum atomic E-state index is 13.9. The van der Waals surface area contributed by atoms with Crippen LogP contribution in [0.4, 0.5) is 24.5 Å². The maximum Gasteiger partial charge on any atom is 0.418 e. The molecule has 0 radical (unpaired) electrons. The molecule has 38 heavy (non-hydrogen) atoms. The molecule has 0 unspecified atom stereocenters. The highest BCUT2D eigenvalue weighted by Gasteiger charge is 2.37. The summed E-state index contributed by atoms with van der Waals surface area (Å²) < 4.78 is 47.0. The van der Waals surface area contributed by atoms with Crippen LogP contribution in [0.5, 0.6) is 0 Å². The number of nitrogens with zero attached hydrogens (tertiary/aromatic N) is 1. The number of hydrogen-bond acceptors (Lipinski definition) is 6. The van der Waals surface area contributed by atoms with Gasteiger partial charge in [0.1, 0.15) is 12.6 Å². The van der Waals surface area contributed by atoms with Gasteiger partial charge in [-0.2, -0.15) is 13.2 Å². The van der Waals surface area contributed by atoms with Gasteiger partial charge >= 0.3 is 6.18 Å². The highest BCUT2D eigenvalue weighted by Crippen LogP contribution is 2.38. The Morgan fingerprint density at radius 2 is 1.87 bits per heavy atom. The number of benzene rings is 1. The molecule has 206 valence electrons. The van der Waals surface area contributed by atoms with Crippen LogP contribution in [-0.4, -0.2) is 56.0 Å². The van der Waals surface area contributed by atoms with E-state index in [4.69, 9.17) is 16.3 Å². The van der Waals surface area contributed by atoms with E-state index < -0.39 is 46.8 Å². The number of hydrogen-bond donors (Lipinski definition) is 3. The molecule has 1 fully saturated rings. The van der Waals surface area contributed by atoms with Crippen LogP contribution in [0.3, 0.4) is 0 Å². The Morgan fingerprint density at radius 3 is 2.45 bits per heavy atom. The van der Waals surface area contributed by atoms with Gasteiger partial charge in [0.25, 0.3) is 11.8 Å². The van der Waals surface area contributed by atoms with Crippen LogP contribution in [0, 0.1) is 5.41 Å². The Hall–Kier alpha value is -3.16. The molecule has 14 heteroatoms. The second kappa shape index (κ2) is 11.7. The lowest BCUT2D eigenvalue weighted by atomic mass is 9.95. The van der Waals surface area contributed by atoms with Crippen molar-refractivity contribution in [3.63, 3.8) is 0 Å². The van der Waals surface area contributed by atoms with E-state index in [0.717, 1.165) is 22.3 Å². The fourth-order valence-electron chi connectivity index (χ4n) is 3.38. The molecule has 0 saturated carbocycles. The van der Waals surface area contributed by atoms with Gasteiger partial charge in [-0.05, 0) is 30.3 Å². The molecule has 2 aromatic rings. The summed E-state index contributed by atoms with van der Waals surface area (Å²) in [6.07, 6.45) is -4.83. The molecule has 2 heterocycles. The fourth-order valence-corrected chi connectivity index (χ4v) is 4.34. The first-order chi connectivity index (χ1) is 17.7. The molecule has 3 rings (SSSR count). The molecule has 0 bridgehead atoms. The number of morpholine rings is 1. The largest absolute Gasteiger partial charge is 0.418 e. The summed E-state index contributed by atoms with van der Waals surface area (Å²) in [5.74, 6) is -2.52. The first-order valence-corrected chi connectivity index (χ1v) is 12.6. The summed E-state index contributed by atoms with van der Waals surface area (Å²) >= 11 is 6.87. The molecule has 9 nitrogen and oxygen atoms in total. The molecule has 1 aliphatic rings. The van der Waals surface area contributed by atoms with Crippen LogP contribution in [0.25, 0.3) is 0 Å². The minimum absolute atomic E-state index is 0.0519. The molecular formula is C24H26ClF3N4O5S. The summed E-state index contributed by atoms with van der Waals surface area (Å²) in [6.45, 7) is 4.20. The normalized spacial score (nSPS) is 15.1. The lowest BCUT2D eigenvalue weighted by molar-refractivity contribution is -0.137. The minimum Gasteiger partial charge on any atom is -0.370 e. The van der Waals surface area contributed by atoms with Gasteiger partial charge in [0, 0.05) is 24.2 Å². The van der Waals surface area contributed by atoms with Gasteiger partial charge in [-0.1, -0.05) is 32.4 Å². The maximum absolute atomic E-state index is 13.9. The highest BCUT2D eigenvalue weighted by atomic mass is 35.5. The van der Waals surface area contributed by atoms with E-state index in [9.17, 15) is 32.3 Å². The average Bonchev–Trinajstić information content (AvgIpc) is 3.27. The fraction of sp³-hybridized carbons (Fsp3) is 0.417. The number of anilines is 2. The molecule has 1 aromatic carbocycles. The van der Waals surface area contributed by atoms with Crippen LogP contribution in [0.2, 0.25) is 4.34 Å². The third-order valence-electron chi connectivity index (χ3n) is 5.41. The van der Waals surface area contributed by atoms with Crippen molar-refractivity contribution in [1.82, 2.24) is 10.6 Å². The van der Waals surface area contributed by atoms with Crippen molar-refractivity contribution >= 4 is 57.9 Å². The smallest absolute Gasteiger partial charge is 0.370 e. The monoisotopic (exact) mass is 574 g/mol. The lowest BCUT2D eigenvalue weighted by Crippen LogP contribution is -2.53. The van der Waals surface area contributed by atoms with Crippen molar-refractivity contribution in [2.75, 3.05) is 36.5 Å². The van der Waals surface area contributed by atoms with Crippen molar-refractivity contribution in [1.29, 1.82) is 0 Å². The van der Waals surface area contributed by atoms with Crippen LogP contribution in [-0.2, 0) is 25.3 Å². The summed E-state index contributed by atoms with van der Waals surface area (Å²) in [7, 11) is 0. The summed E-state index contributed by atoms with van der Waals surface area (Å²) in [4.78, 5) is 51.4. The van der Waals surface area contributed by atoms with Crippen molar-refractivity contribution in [2.24, 2.45) is 5.41 Å². The van der Waals surface area contributed by atoms with Crippen LogP contribution in [0.1, 0.15) is 36.0 Å². The second-order valence-corrected chi connectivity index (χ2v) is 11.1. The number of amides is 4. The van der Waals surface area contributed by atoms with E-state index in [1.54, 1.807) is 20.8 Å². The van der Waals surface area contributed by atoms with Crippen LogP contribution < -0.4 is 20.9 Å². The molecule has 1 atom stereocenters. The Bertz CT molecular complexity index is 1230. The number of nitrogens with one attached hydrogen (secondary N) is 3. The van der Waals surface area contributed by atoms with Gasteiger partial charge in [-0.15, -0.1) is 11.3 Å². The number of thiophene rings is 1. The van der Waals surface area contributed by atoms with Crippen molar-refractivity contribution in [3.8, 4) is 0 Å². The third-order valence-corrected chi connectivity index (χ3v) is 6.64. The number of carbonyl (C=O) groups excluding carboxylic acids is 4. The van der Waals surface area contributed by atoms with Crippen molar-refractivity contribution < 1.29 is 37.1 Å². The average molecular weight is 575 g/mol. The predicted molar refractivity (Wildman–Crippen MR) is 136 cm³/mol. The summed E-state index contributed by atoms with van der Waals surface area (Å²) in [5.41, 5.74) is -2.58. The van der Waals surface area contributed by atoms with Crippen LogP contribution in [0.15, 0.2) is 30.3 Å².